The lowest BCUT2D eigenvalue weighted by Gasteiger charge is -2.28. The predicted molar refractivity (Wildman–Crippen MR) is 103 cm³/mol. The van der Waals surface area contributed by atoms with Crippen molar-refractivity contribution in [3.05, 3.63) is 23.8 Å². The van der Waals surface area contributed by atoms with Crippen molar-refractivity contribution in [3.63, 3.8) is 0 Å². The first-order chi connectivity index (χ1) is 14.0. The van der Waals surface area contributed by atoms with E-state index < -0.39 is 12.2 Å². The van der Waals surface area contributed by atoms with Gasteiger partial charge in [0.2, 0.25) is 0 Å². The summed E-state index contributed by atoms with van der Waals surface area (Å²) in [5.41, 5.74) is 1.48. The Hall–Kier alpha value is -2.16. The molecule has 2 unspecified atom stereocenters. The molecule has 1 aliphatic carbocycles. The highest BCUT2D eigenvalue weighted by molar-refractivity contribution is 5.94. The van der Waals surface area contributed by atoms with Crippen LogP contribution >= 0.6 is 0 Å². The standard InChI is InChI=1S/C20H25F3N6/c21-20(22,23)17-15-16(13-2-1-3-14(13)27-17)29(11-6-12-4-7-24-8-5-12)19(28-15)18-25-9-10-26-18/h9-10,12-13,17,24H,1-8,11H2,(H,25,26). The van der Waals surface area contributed by atoms with Crippen LogP contribution in [0.15, 0.2) is 17.4 Å². The molecule has 0 spiro atoms. The van der Waals surface area contributed by atoms with E-state index in [1.807, 2.05) is 4.57 Å². The zero-order chi connectivity index (χ0) is 20.0. The lowest BCUT2D eigenvalue weighted by atomic mass is 9.92. The number of halogens is 3. The number of nitrogens with one attached hydrogen (secondary N) is 2. The number of alkyl halides is 3. The lowest BCUT2D eigenvalue weighted by Crippen LogP contribution is -2.29. The van der Waals surface area contributed by atoms with Gasteiger partial charge in [-0.3, -0.25) is 4.99 Å². The molecule has 0 radical (unpaired) electrons. The molecule has 2 aromatic rings. The van der Waals surface area contributed by atoms with Crippen LogP contribution < -0.4 is 5.32 Å². The Morgan fingerprint density at radius 3 is 2.72 bits per heavy atom. The van der Waals surface area contributed by atoms with Gasteiger partial charge in [-0.15, -0.1) is 0 Å². The average Bonchev–Trinajstić information content (AvgIpc) is 3.43. The number of rotatable bonds is 4. The van der Waals surface area contributed by atoms with Gasteiger partial charge >= 0.3 is 6.18 Å². The molecule has 2 atom stereocenters. The zero-order valence-corrected chi connectivity index (χ0v) is 16.2. The van der Waals surface area contributed by atoms with Crippen molar-refractivity contribution in [2.75, 3.05) is 13.1 Å². The molecule has 0 bridgehead atoms. The third-order valence-corrected chi connectivity index (χ3v) is 6.49. The molecular weight excluding hydrogens is 381 g/mol. The van der Waals surface area contributed by atoms with E-state index in [2.05, 4.69) is 25.3 Å². The van der Waals surface area contributed by atoms with Crippen molar-refractivity contribution in [3.8, 4) is 11.6 Å². The van der Waals surface area contributed by atoms with Crippen LogP contribution in [0, 0.1) is 5.92 Å². The Kier molecular flexibility index (Phi) is 4.72. The van der Waals surface area contributed by atoms with E-state index in [1.165, 1.54) is 0 Å². The second kappa shape index (κ2) is 7.27. The molecule has 6 nitrogen and oxygen atoms in total. The van der Waals surface area contributed by atoms with Crippen molar-refractivity contribution in [2.45, 2.75) is 63.2 Å². The summed E-state index contributed by atoms with van der Waals surface area (Å²) in [6, 6.07) is -1.87. The van der Waals surface area contributed by atoms with Crippen molar-refractivity contribution < 1.29 is 13.2 Å². The van der Waals surface area contributed by atoms with E-state index in [0.29, 0.717) is 36.2 Å². The van der Waals surface area contributed by atoms with Crippen LogP contribution in [0.25, 0.3) is 11.6 Å². The summed E-state index contributed by atoms with van der Waals surface area (Å²) < 4.78 is 43.6. The van der Waals surface area contributed by atoms with Gasteiger partial charge in [-0.1, -0.05) is 0 Å². The molecule has 156 valence electrons. The van der Waals surface area contributed by atoms with Crippen LogP contribution in [-0.2, 0) is 6.54 Å². The first-order valence-corrected chi connectivity index (χ1v) is 10.5. The van der Waals surface area contributed by atoms with Gasteiger partial charge in [-0.25, -0.2) is 9.97 Å². The summed E-state index contributed by atoms with van der Waals surface area (Å²) in [4.78, 5) is 15.9. The quantitative estimate of drug-likeness (QED) is 0.807. The van der Waals surface area contributed by atoms with E-state index in [0.717, 1.165) is 50.9 Å². The number of piperidine rings is 1. The fourth-order valence-electron chi connectivity index (χ4n) is 5.06. The monoisotopic (exact) mass is 406 g/mol. The van der Waals surface area contributed by atoms with Crippen LogP contribution in [0.2, 0.25) is 0 Å². The maximum atomic E-state index is 13.9. The summed E-state index contributed by atoms with van der Waals surface area (Å²) in [6.07, 6.45) is 4.36. The van der Waals surface area contributed by atoms with E-state index in [-0.39, 0.29) is 11.6 Å². The van der Waals surface area contributed by atoms with Crippen LogP contribution in [0.5, 0.6) is 0 Å². The Morgan fingerprint density at radius 1 is 1.17 bits per heavy atom. The Balaban J connectivity index is 1.58. The largest absolute Gasteiger partial charge is 0.416 e. The number of hydrogen-bond donors (Lipinski definition) is 2. The number of fused-ring (bicyclic) bond motifs is 3. The summed E-state index contributed by atoms with van der Waals surface area (Å²) >= 11 is 0. The van der Waals surface area contributed by atoms with Gasteiger partial charge < -0.3 is 14.9 Å². The van der Waals surface area contributed by atoms with Crippen LogP contribution in [0.1, 0.15) is 61.9 Å². The maximum absolute atomic E-state index is 13.9. The lowest BCUT2D eigenvalue weighted by molar-refractivity contribution is -0.149. The van der Waals surface area contributed by atoms with Gasteiger partial charge in [0.15, 0.2) is 17.7 Å². The third kappa shape index (κ3) is 3.39. The minimum atomic E-state index is -4.44. The van der Waals surface area contributed by atoms with Crippen molar-refractivity contribution in [1.29, 1.82) is 0 Å². The number of aromatic nitrogens is 4. The van der Waals surface area contributed by atoms with Crippen molar-refractivity contribution in [2.24, 2.45) is 10.9 Å². The molecule has 2 fully saturated rings. The Labute approximate surface area is 167 Å². The smallest absolute Gasteiger partial charge is 0.342 e. The van der Waals surface area contributed by atoms with E-state index in [4.69, 9.17) is 0 Å². The van der Waals surface area contributed by atoms with Gasteiger partial charge in [-0.2, -0.15) is 13.2 Å². The first kappa shape index (κ1) is 18.8. The van der Waals surface area contributed by atoms with Gasteiger partial charge in [0.05, 0.1) is 11.4 Å². The van der Waals surface area contributed by atoms with E-state index >= 15 is 0 Å². The molecule has 5 rings (SSSR count). The van der Waals surface area contributed by atoms with Crippen LogP contribution in [-0.4, -0.2) is 44.5 Å². The molecule has 0 amide bonds. The number of aliphatic imine (C=N–C) groups is 1. The van der Waals surface area contributed by atoms with E-state index in [1.54, 1.807) is 12.4 Å². The normalized spacial score (nSPS) is 25.0. The molecule has 2 aliphatic heterocycles. The summed E-state index contributed by atoms with van der Waals surface area (Å²) in [5.74, 6) is 1.56. The summed E-state index contributed by atoms with van der Waals surface area (Å²) in [6.45, 7) is 2.68. The number of aromatic amines is 1. The van der Waals surface area contributed by atoms with Crippen molar-refractivity contribution in [1.82, 2.24) is 24.8 Å². The molecule has 2 aromatic heterocycles. The molecule has 1 saturated heterocycles. The van der Waals surface area contributed by atoms with Crippen molar-refractivity contribution >= 4 is 5.71 Å². The Bertz CT molecular complexity index is 892. The number of imidazole rings is 2. The third-order valence-electron chi connectivity index (χ3n) is 6.49. The number of nitrogens with zero attached hydrogens (tertiary/aromatic N) is 4. The highest BCUT2D eigenvalue weighted by Gasteiger charge is 2.49. The van der Waals surface area contributed by atoms with Gasteiger partial charge in [0, 0.05) is 30.6 Å². The highest BCUT2D eigenvalue weighted by Crippen LogP contribution is 2.48. The highest BCUT2D eigenvalue weighted by atomic mass is 19.4. The van der Waals surface area contributed by atoms with Gasteiger partial charge in [0.1, 0.15) is 0 Å². The average molecular weight is 406 g/mol. The number of hydrogen-bond acceptors (Lipinski definition) is 4. The SMILES string of the molecule is FC(F)(F)C1N=C2CCCC2c2c1nc(-c1ncc[nH]1)n2CCC1CCNCC1. The minimum absolute atomic E-state index is 0.0483. The molecular formula is C20H25F3N6. The summed E-state index contributed by atoms with van der Waals surface area (Å²) in [7, 11) is 0. The van der Waals surface area contributed by atoms with Crippen LogP contribution in [0.3, 0.4) is 0 Å². The van der Waals surface area contributed by atoms with Gasteiger partial charge in [-0.05, 0) is 57.5 Å². The zero-order valence-electron chi connectivity index (χ0n) is 16.2. The molecule has 0 aromatic carbocycles. The molecule has 29 heavy (non-hydrogen) atoms. The minimum Gasteiger partial charge on any atom is -0.342 e. The second-order valence-corrected chi connectivity index (χ2v) is 8.29. The van der Waals surface area contributed by atoms with Gasteiger partial charge in [0.25, 0.3) is 0 Å². The first-order valence-electron chi connectivity index (χ1n) is 10.5. The predicted octanol–water partition coefficient (Wildman–Crippen LogP) is 3.99. The van der Waals surface area contributed by atoms with Crippen LogP contribution in [0.4, 0.5) is 13.2 Å². The fraction of sp³-hybridized carbons (Fsp3) is 0.650. The van der Waals surface area contributed by atoms with E-state index in [9.17, 15) is 13.2 Å². The molecule has 4 heterocycles. The molecule has 2 N–H and O–H groups in total. The topological polar surface area (TPSA) is 70.9 Å². The molecule has 9 heteroatoms. The fourth-order valence-corrected chi connectivity index (χ4v) is 5.06. The summed E-state index contributed by atoms with van der Waals surface area (Å²) in [5, 5.41) is 3.37. The maximum Gasteiger partial charge on any atom is 0.416 e. The molecule has 1 saturated carbocycles. The molecule has 3 aliphatic rings. The second-order valence-electron chi connectivity index (χ2n) is 8.29. The number of H-pyrrole nitrogens is 1. The Morgan fingerprint density at radius 2 is 2.00 bits per heavy atom.